The number of likely N-dealkylation sites (N-methyl/N-ethyl adjacent to an activating group) is 2. The molecule has 9 heteroatoms. The second-order valence-electron chi connectivity index (χ2n) is 6.47. The van der Waals surface area contributed by atoms with Crippen molar-refractivity contribution in [1.29, 1.82) is 0 Å². The van der Waals surface area contributed by atoms with Crippen LogP contribution < -0.4 is 4.90 Å². The van der Waals surface area contributed by atoms with Crippen LogP contribution in [-0.4, -0.2) is 53.7 Å². The van der Waals surface area contributed by atoms with Gasteiger partial charge in [-0.3, -0.25) is 29.5 Å². The highest BCUT2D eigenvalue weighted by Gasteiger charge is 2.37. The van der Waals surface area contributed by atoms with Crippen LogP contribution in [0.4, 0.5) is 21.9 Å². The molecule has 0 unspecified atom stereocenters. The van der Waals surface area contributed by atoms with Gasteiger partial charge in [-0.1, -0.05) is 24.3 Å². The molecule has 148 valence electrons. The molecule has 1 aliphatic heterocycles. The van der Waals surface area contributed by atoms with Crippen molar-refractivity contribution in [3.05, 3.63) is 69.8 Å². The molecular weight excluding hydrogens is 376 g/mol. The van der Waals surface area contributed by atoms with Crippen LogP contribution in [0.25, 0.3) is 6.08 Å². The predicted octanol–water partition coefficient (Wildman–Crippen LogP) is 2.80. The number of nitro groups is 1. The van der Waals surface area contributed by atoms with Gasteiger partial charge in [0.2, 0.25) is 0 Å². The van der Waals surface area contributed by atoms with Crippen molar-refractivity contribution in [1.82, 2.24) is 9.80 Å². The Morgan fingerprint density at radius 2 is 1.55 bits per heavy atom. The second kappa shape index (κ2) is 7.55. The fraction of sp³-hybridized carbons (Fsp3) is 0.150. The number of hydrogen-bond donors (Lipinski definition) is 0. The van der Waals surface area contributed by atoms with Gasteiger partial charge < -0.3 is 4.90 Å². The van der Waals surface area contributed by atoms with Gasteiger partial charge in [-0.15, -0.1) is 0 Å². The van der Waals surface area contributed by atoms with Gasteiger partial charge in [0, 0.05) is 32.9 Å². The molecule has 4 amide bonds. The number of hydrogen-bond acceptors (Lipinski definition) is 6. The first-order valence-corrected chi connectivity index (χ1v) is 8.61. The molecule has 29 heavy (non-hydrogen) atoms. The molecule has 9 nitrogen and oxygen atoms in total. The fourth-order valence-electron chi connectivity index (χ4n) is 2.99. The van der Waals surface area contributed by atoms with Gasteiger partial charge in [-0.05, 0) is 29.8 Å². The number of nitrogens with zero attached hydrogens (tertiary/aromatic N) is 4. The summed E-state index contributed by atoms with van der Waals surface area (Å²) in [5, 5.41) is 11.6. The molecule has 1 aliphatic rings. The Bertz CT molecular complexity index is 1020. The van der Waals surface area contributed by atoms with Crippen molar-refractivity contribution in [2.45, 2.75) is 0 Å². The third kappa shape index (κ3) is 3.57. The number of anilines is 2. The van der Waals surface area contributed by atoms with Crippen molar-refractivity contribution < 1.29 is 19.3 Å². The Hall–Kier alpha value is -4.01. The van der Waals surface area contributed by atoms with Crippen molar-refractivity contribution in [3.8, 4) is 0 Å². The highest BCUT2D eigenvalue weighted by molar-refractivity contribution is 6.30. The maximum absolute atomic E-state index is 12.3. The summed E-state index contributed by atoms with van der Waals surface area (Å²) >= 11 is 0. The standard InChI is InChI=1S/C20H18N4O5/c1-21(14-7-5-4-6-8-14)16-10-9-13(12-17(16)24(28)29)11-15-18(25)22(2)20(27)23(3)19(15)26/h4-12H,1-3H3. The molecule has 0 atom stereocenters. The second-order valence-corrected chi connectivity index (χ2v) is 6.47. The molecule has 0 saturated carbocycles. The zero-order chi connectivity index (χ0) is 21.3. The first-order valence-electron chi connectivity index (χ1n) is 8.61. The zero-order valence-electron chi connectivity index (χ0n) is 16.0. The Labute approximate surface area is 166 Å². The summed E-state index contributed by atoms with van der Waals surface area (Å²) in [6.45, 7) is 0. The van der Waals surface area contributed by atoms with Crippen LogP contribution in [0, 0.1) is 10.1 Å². The van der Waals surface area contributed by atoms with Crippen molar-refractivity contribution in [2.75, 3.05) is 26.0 Å². The molecule has 0 N–H and O–H groups in total. The molecule has 0 radical (unpaired) electrons. The molecule has 0 spiro atoms. The third-order valence-corrected chi connectivity index (χ3v) is 4.66. The van der Waals surface area contributed by atoms with E-state index in [-0.39, 0.29) is 11.3 Å². The Morgan fingerprint density at radius 1 is 0.966 bits per heavy atom. The molecule has 2 aromatic carbocycles. The van der Waals surface area contributed by atoms with E-state index in [2.05, 4.69) is 0 Å². The molecule has 0 aromatic heterocycles. The number of rotatable bonds is 4. The number of amides is 4. The number of carbonyl (C=O) groups excluding carboxylic acids is 3. The maximum Gasteiger partial charge on any atom is 0.333 e. The van der Waals surface area contributed by atoms with Crippen LogP contribution in [0.1, 0.15) is 5.56 Å². The first-order chi connectivity index (χ1) is 13.7. The minimum absolute atomic E-state index is 0.181. The van der Waals surface area contributed by atoms with Gasteiger partial charge >= 0.3 is 6.03 Å². The first kappa shape index (κ1) is 19.7. The lowest BCUT2D eigenvalue weighted by atomic mass is 10.1. The van der Waals surface area contributed by atoms with Gasteiger partial charge in [0.05, 0.1) is 4.92 Å². The molecule has 0 bridgehead atoms. The van der Waals surface area contributed by atoms with E-state index in [4.69, 9.17) is 0 Å². The molecule has 3 rings (SSSR count). The van der Waals surface area contributed by atoms with Gasteiger partial charge in [0.15, 0.2) is 0 Å². The summed E-state index contributed by atoms with van der Waals surface area (Å²) < 4.78 is 0. The molecule has 1 saturated heterocycles. The van der Waals surface area contributed by atoms with Crippen LogP contribution in [0.5, 0.6) is 0 Å². The van der Waals surface area contributed by atoms with E-state index in [0.717, 1.165) is 15.5 Å². The summed E-state index contributed by atoms with van der Waals surface area (Å²) in [7, 11) is 4.24. The van der Waals surface area contributed by atoms with E-state index in [1.54, 1.807) is 24.1 Å². The average molecular weight is 394 g/mol. The Kier molecular flexibility index (Phi) is 5.14. The van der Waals surface area contributed by atoms with E-state index < -0.39 is 22.8 Å². The Balaban J connectivity index is 2.04. The van der Waals surface area contributed by atoms with E-state index in [9.17, 15) is 24.5 Å². The van der Waals surface area contributed by atoms with E-state index in [1.165, 1.54) is 26.2 Å². The average Bonchev–Trinajstić information content (AvgIpc) is 2.74. The highest BCUT2D eigenvalue weighted by atomic mass is 16.6. The topological polar surface area (TPSA) is 104 Å². The lowest BCUT2D eigenvalue weighted by molar-refractivity contribution is -0.384. The normalized spacial score (nSPS) is 14.3. The van der Waals surface area contributed by atoms with E-state index in [0.29, 0.717) is 11.3 Å². The smallest absolute Gasteiger partial charge is 0.333 e. The number of carbonyl (C=O) groups is 3. The summed E-state index contributed by atoms with van der Waals surface area (Å²) in [6.07, 6.45) is 1.25. The number of urea groups is 1. The summed E-state index contributed by atoms with van der Waals surface area (Å²) in [5.41, 5.74) is 0.997. The quantitative estimate of drug-likeness (QED) is 0.342. The summed E-state index contributed by atoms with van der Waals surface area (Å²) in [6, 6.07) is 12.8. The lowest BCUT2D eigenvalue weighted by Gasteiger charge is -2.28. The SMILES string of the molecule is CN1C(=O)C(=Cc2ccc(N(C)c3ccccc3)c([N+](=O)[O-])c2)C(=O)N(C)C1=O. The predicted molar refractivity (Wildman–Crippen MR) is 107 cm³/mol. The number of para-hydroxylation sites is 1. The van der Waals surface area contributed by atoms with Crippen LogP contribution in [-0.2, 0) is 9.59 Å². The van der Waals surface area contributed by atoms with Crippen molar-refractivity contribution >= 4 is 41.0 Å². The largest absolute Gasteiger partial charge is 0.339 e. The molecular formula is C20H18N4O5. The van der Waals surface area contributed by atoms with Crippen LogP contribution in [0.2, 0.25) is 0 Å². The monoisotopic (exact) mass is 394 g/mol. The molecule has 1 heterocycles. The van der Waals surface area contributed by atoms with Crippen LogP contribution in [0.15, 0.2) is 54.1 Å². The van der Waals surface area contributed by atoms with Crippen LogP contribution >= 0.6 is 0 Å². The van der Waals surface area contributed by atoms with E-state index in [1.807, 2.05) is 30.3 Å². The Morgan fingerprint density at radius 3 is 2.10 bits per heavy atom. The molecule has 2 aromatic rings. The number of benzene rings is 2. The number of imide groups is 2. The van der Waals surface area contributed by atoms with Crippen molar-refractivity contribution in [2.24, 2.45) is 0 Å². The van der Waals surface area contributed by atoms with Crippen molar-refractivity contribution in [3.63, 3.8) is 0 Å². The third-order valence-electron chi connectivity index (χ3n) is 4.66. The zero-order valence-corrected chi connectivity index (χ0v) is 16.0. The minimum Gasteiger partial charge on any atom is -0.339 e. The molecule has 0 aliphatic carbocycles. The van der Waals surface area contributed by atoms with E-state index >= 15 is 0 Å². The minimum atomic E-state index is -0.758. The van der Waals surface area contributed by atoms with Gasteiger partial charge in [-0.25, -0.2) is 4.79 Å². The maximum atomic E-state index is 12.3. The van der Waals surface area contributed by atoms with Gasteiger partial charge in [-0.2, -0.15) is 0 Å². The molecule has 1 fully saturated rings. The van der Waals surface area contributed by atoms with Gasteiger partial charge in [0.1, 0.15) is 11.3 Å². The summed E-state index contributed by atoms with van der Waals surface area (Å²) in [5.74, 6) is -1.52. The lowest BCUT2D eigenvalue weighted by Crippen LogP contribution is -2.52. The number of barbiturate groups is 1. The fourth-order valence-corrected chi connectivity index (χ4v) is 2.99. The van der Waals surface area contributed by atoms with Gasteiger partial charge in [0.25, 0.3) is 17.5 Å². The highest BCUT2D eigenvalue weighted by Crippen LogP contribution is 2.34. The number of nitro benzene ring substituents is 1. The van der Waals surface area contributed by atoms with Crippen LogP contribution in [0.3, 0.4) is 0 Å². The summed E-state index contributed by atoms with van der Waals surface area (Å²) in [4.78, 5) is 50.9.